The number of rotatable bonds is 36. The minimum atomic E-state index is -3.87. The van der Waals surface area contributed by atoms with Crippen LogP contribution in [0.3, 0.4) is 0 Å². The average Bonchev–Trinajstić information content (AvgIpc) is 3.08. The molecule has 0 amide bonds. The van der Waals surface area contributed by atoms with Gasteiger partial charge in [-0.25, -0.2) is 4.57 Å². The van der Waals surface area contributed by atoms with E-state index in [1.54, 1.807) is 0 Å². The van der Waals surface area contributed by atoms with Crippen LogP contribution in [0.5, 0.6) is 0 Å². The van der Waals surface area contributed by atoms with Crippen LogP contribution in [0.15, 0.2) is 30.3 Å². The Morgan fingerprint density at radius 3 is 0.854 bits per heavy atom. The zero-order valence-electron chi connectivity index (χ0n) is 32.5. The van der Waals surface area contributed by atoms with Crippen molar-refractivity contribution in [3.63, 3.8) is 0 Å². The quantitative estimate of drug-likeness (QED) is 0.0561. The third kappa shape index (κ3) is 39.8. The Hall–Kier alpha value is -0.670. The molecule has 0 fully saturated rings. The lowest BCUT2D eigenvalue weighted by atomic mass is 10.0. The van der Waals surface area contributed by atoms with Crippen molar-refractivity contribution in [1.82, 2.24) is 0 Å². The first-order valence-electron chi connectivity index (χ1n) is 21.1. The molecule has 1 rings (SSSR count). The van der Waals surface area contributed by atoms with E-state index >= 15 is 0 Å². The van der Waals surface area contributed by atoms with Gasteiger partial charge in [0.2, 0.25) is 0 Å². The monoisotopic (exact) mass is 695 g/mol. The fourth-order valence-electron chi connectivity index (χ4n) is 6.23. The molecule has 1 aromatic rings. The topological polar surface area (TPSA) is 55.8 Å². The Labute approximate surface area is 301 Å². The van der Waals surface area contributed by atoms with Crippen LogP contribution >= 0.6 is 7.82 Å². The molecule has 0 aliphatic carbocycles. The number of aryl methyl sites for hydroxylation is 1. The Bertz CT molecular complexity index is 729. The Morgan fingerprint density at radius 1 is 0.417 bits per heavy atom. The molecule has 0 spiro atoms. The third-order valence-corrected chi connectivity index (χ3v) is 10.5. The predicted octanol–water partition coefficient (Wildman–Crippen LogP) is 15.6. The van der Waals surface area contributed by atoms with Gasteiger partial charge >= 0.3 is 7.82 Å². The molecule has 0 aromatic heterocycles. The summed E-state index contributed by atoms with van der Waals surface area (Å²) in [5.74, 6) is 0. The molecule has 5 heteroatoms. The summed E-state index contributed by atoms with van der Waals surface area (Å²) >= 11 is 0. The first-order valence-corrected chi connectivity index (χ1v) is 22.6. The number of phosphoric acid groups is 1. The van der Waals surface area contributed by atoms with Crippen LogP contribution in [0.25, 0.3) is 0 Å². The fraction of sp³-hybridized carbons (Fsp3) is 0.860. The van der Waals surface area contributed by atoms with Gasteiger partial charge in [-0.05, 0) is 19.8 Å². The smallest absolute Gasteiger partial charge is 0.302 e. The van der Waals surface area contributed by atoms with Gasteiger partial charge in [0.05, 0.1) is 13.2 Å². The normalized spacial score (nSPS) is 11.5. The summed E-state index contributed by atoms with van der Waals surface area (Å²) < 4.78 is 22.4. The van der Waals surface area contributed by atoms with Gasteiger partial charge in [0.1, 0.15) is 0 Å². The van der Waals surface area contributed by atoms with Gasteiger partial charge in [-0.2, -0.15) is 0 Å². The second-order valence-electron chi connectivity index (χ2n) is 14.4. The first kappa shape index (κ1) is 47.3. The molecule has 0 aliphatic heterocycles. The van der Waals surface area contributed by atoms with Crippen LogP contribution in [0.1, 0.15) is 225 Å². The van der Waals surface area contributed by atoms with E-state index in [4.69, 9.17) is 9.05 Å². The SMILES string of the molecule is CCCCCCCCCCCCCCCCCCOP(=O)(O)OCCCCCCCCCCCCCCCCCC.Cc1ccccc1. The van der Waals surface area contributed by atoms with Crippen molar-refractivity contribution in [3.8, 4) is 0 Å². The standard InChI is InChI=1S/C36H75O4P.C7H8/c1-3-5-7-9-11-13-15-17-19-21-23-25-27-29-31-33-35-39-41(37,38)40-36-34-32-30-28-26-24-22-20-18-16-14-12-10-8-6-4-2;1-7-5-3-2-4-6-7/h3-36H2,1-2H3,(H,37,38);2-6H,1H3. The molecule has 0 atom stereocenters. The molecular weight excluding hydrogens is 611 g/mol. The summed E-state index contributed by atoms with van der Waals surface area (Å²) in [4.78, 5) is 9.88. The van der Waals surface area contributed by atoms with Crippen LogP contribution in [-0.4, -0.2) is 18.1 Å². The van der Waals surface area contributed by atoms with E-state index in [0.717, 1.165) is 25.7 Å². The van der Waals surface area contributed by atoms with E-state index in [2.05, 4.69) is 32.9 Å². The largest absolute Gasteiger partial charge is 0.472 e. The van der Waals surface area contributed by atoms with Crippen LogP contribution in [0.4, 0.5) is 0 Å². The lowest BCUT2D eigenvalue weighted by Crippen LogP contribution is -1.99. The minimum absolute atomic E-state index is 0.325. The van der Waals surface area contributed by atoms with Gasteiger partial charge in [-0.15, -0.1) is 0 Å². The summed E-state index contributed by atoms with van der Waals surface area (Å²) in [7, 11) is -3.87. The van der Waals surface area contributed by atoms with E-state index in [0.29, 0.717) is 13.2 Å². The maximum absolute atomic E-state index is 12.0. The van der Waals surface area contributed by atoms with E-state index in [1.165, 1.54) is 185 Å². The van der Waals surface area contributed by atoms with Gasteiger partial charge < -0.3 is 4.89 Å². The van der Waals surface area contributed by atoms with Crippen LogP contribution in [-0.2, 0) is 13.6 Å². The van der Waals surface area contributed by atoms with Gasteiger partial charge in [0.25, 0.3) is 0 Å². The summed E-state index contributed by atoms with van der Waals surface area (Å²) in [6, 6.07) is 10.3. The van der Waals surface area contributed by atoms with Gasteiger partial charge in [0, 0.05) is 0 Å². The third-order valence-electron chi connectivity index (χ3n) is 9.45. The molecule has 0 aliphatic rings. The molecule has 0 heterocycles. The number of hydrogen-bond acceptors (Lipinski definition) is 3. The second-order valence-corrected chi connectivity index (χ2v) is 15.8. The van der Waals surface area contributed by atoms with Gasteiger partial charge in [-0.1, -0.05) is 242 Å². The molecule has 0 unspecified atom stereocenters. The van der Waals surface area contributed by atoms with Crippen molar-refractivity contribution in [2.75, 3.05) is 13.2 Å². The zero-order chi connectivity index (χ0) is 35.1. The first-order chi connectivity index (χ1) is 23.5. The van der Waals surface area contributed by atoms with Crippen molar-refractivity contribution in [2.24, 2.45) is 0 Å². The Morgan fingerprint density at radius 2 is 0.646 bits per heavy atom. The Kier molecular flexibility index (Phi) is 38.6. The molecule has 1 N–H and O–H groups in total. The van der Waals surface area contributed by atoms with Crippen molar-refractivity contribution >= 4 is 7.82 Å². The van der Waals surface area contributed by atoms with Crippen molar-refractivity contribution in [1.29, 1.82) is 0 Å². The van der Waals surface area contributed by atoms with E-state index in [-0.39, 0.29) is 0 Å². The number of unbranched alkanes of at least 4 members (excludes halogenated alkanes) is 30. The highest BCUT2D eigenvalue weighted by Crippen LogP contribution is 2.43. The molecular formula is C43H83O4P. The molecule has 0 saturated carbocycles. The average molecular weight is 695 g/mol. The van der Waals surface area contributed by atoms with E-state index in [1.807, 2.05) is 18.2 Å². The summed E-state index contributed by atoms with van der Waals surface area (Å²) in [5.41, 5.74) is 1.32. The molecule has 4 nitrogen and oxygen atoms in total. The highest BCUT2D eigenvalue weighted by atomic mass is 31.2. The highest BCUT2D eigenvalue weighted by Gasteiger charge is 2.19. The van der Waals surface area contributed by atoms with E-state index < -0.39 is 7.82 Å². The van der Waals surface area contributed by atoms with Crippen LogP contribution in [0, 0.1) is 6.92 Å². The lowest BCUT2D eigenvalue weighted by Gasteiger charge is -2.12. The molecule has 0 radical (unpaired) electrons. The fourth-order valence-corrected chi connectivity index (χ4v) is 7.03. The van der Waals surface area contributed by atoms with Gasteiger partial charge in [0.15, 0.2) is 0 Å². The number of benzene rings is 1. The van der Waals surface area contributed by atoms with Crippen molar-refractivity contribution < 1.29 is 18.5 Å². The Balaban J connectivity index is 0.00000277. The molecule has 0 bridgehead atoms. The number of phosphoric ester groups is 1. The minimum Gasteiger partial charge on any atom is -0.302 e. The lowest BCUT2D eigenvalue weighted by molar-refractivity contribution is 0.145. The van der Waals surface area contributed by atoms with Crippen molar-refractivity contribution in [3.05, 3.63) is 35.9 Å². The van der Waals surface area contributed by atoms with Crippen molar-refractivity contribution in [2.45, 2.75) is 226 Å². The van der Waals surface area contributed by atoms with E-state index in [9.17, 15) is 9.46 Å². The summed E-state index contributed by atoms with van der Waals surface area (Å²) in [6.07, 6.45) is 42.2. The predicted molar refractivity (Wildman–Crippen MR) is 212 cm³/mol. The molecule has 284 valence electrons. The molecule has 1 aromatic carbocycles. The van der Waals surface area contributed by atoms with Crippen LogP contribution in [0.2, 0.25) is 0 Å². The molecule has 48 heavy (non-hydrogen) atoms. The molecule has 0 saturated heterocycles. The maximum Gasteiger partial charge on any atom is 0.472 e. The summed E-state index contributed by atoms with van der Waals surface area (Å²) in [5, 5.41) is 0. The maximum atomic E-state index is 12.0. The van der Waals surface area contributed by atoms with Crippen LogP contribution < -0.4 is 0 Å². The summed E-state index contributed by atoms with van der Waals surface area (Å²) in [6.45, 7) is 7.29. The second kappa shape index (κ2) is 39.1. The van der Waals surface area contributed by atoms with Gasteiger partial charge in [-0.3, -0.25) is 9.05 Å². The zero-order valence-corrected chi connectivity index (χ0v) is 33.4. The number of hydrogen-bond donors (Lipinski definition) is 1. The highest BCUT2D eigenvalue weighted by molar-refractivity contribution is 7.47.